The lowest BCUT2D eigenvalue weighted by Gasteiger charge is -2.45. The maximum absolute atomic E-state index is 7.19. The molecule has 278 valence electrons. The normalized spacial score (nSPS) is 20.0. The van der Waals surface area contributed by atoms with Crippen LogP contribution < -0.4 is 0 Å². The Morgan fingerprint density at radius 1 is 0.521 bits per heavy atom. The van der Waals surface area contributed by atoms with Crippen LogP contribution in [-0.4, -0.2) is 89.8 Å². The third-order valence-electron chi connectivity index (χ3n) is 7.15. The van der Waals surface area contributed by atoms with Gasteiger partial charge < -0.3 is 38.9 Å². The molecule has 0 N–H and O–H groups in total. The van der Waals surface area contributed by atoms with Gasteiger partial charge in [0, 0.05) is 50.7 Å². The lowest BCUT2D eigenvalue weighted by atomic mass is 10.2. The van der Waals surface area contributed by atoms with Crippen LogP contribution in [0.25, 0.3) is 0 Å². The fourth-order valence-corrected chi connectivity index (χ4v) is 24.6. The number of hydrogen-bond acceptors (Lipinski definition) is 11. The smallest absolute Gasteiger partial charge is 0.437 e. The van der Waals surface area contributed by atoms with Crippen LogP contribution >= 0.6 is 0 Å². The topological polar surface area (TPSA) is 102 Å². The van der Waals surface area contributed by atoms with Gasteiger partial charge in [0.05, 0.1) is 6.61 Å². The summed E-state index contributed by atoms with van der Waals surface area (Å²) >= 11 is 0. The molecule has 48 heavy (non-hydrogen) atoms. The Morgan fingerprint density at radius 3 is 1.40 bits per heavy atom. The van der Waals surface area contributed by atoms with Crippen LogP contribution in [-0.2, 0) is 48.4 Å². The van der Waals surface area contributed by atoms with Gasteiger partial charge in [-0.05, 0) is 99.5 Å². The molecule has 16 heteroatoms. The van der Waals surface area contributed by atoms with Crippen molar-refractivity contribution in [1.29, 1.82) is 0 Å². The molecule has 0 bridgehead atoms. The Labute approximate surface area is 296 Å². The van der Waals surface area contributed by atoms with Crippen molar-refractivity contribution >= 4 is 43.5 Å². The van der Waals surface area contributed by atoms with Crippen molar-refractivity contribution < 1.29 is 48.4 Å². The minimum atomic E-state index is -3.63. The summed E-state index contributed by atoms with van der Waals surface area (Å²) in [6.07, 6.45) is 21.3. The SMILES string of the molecule is CCO[Si](OCC)(OCC)O[Si](OCC)(OCC)OCCCCCOO[Si](O[Si](C)(C)O[Si](C)(C)C)(C1C=CC=CC1)C1C=CC=CC1. The van der Waals surface area contributed by atoms with Crippen LogP contribution in [0, 0.1) is 0 Å². The van der Waals surface area contributed by atoms with Gasteiger partial charge in [0.1, 0.15) is 0 Å². The van der Waals surface area contributed by atoms with Gasteiger partial charge in [-0.25, -0.2) is 4.89 Å². The quantitative estimate of drug-likeness (QED) is 0.0352. The molecule has 0 aliphatic heterocycles. The second-order valence-electron chi connectivity index (χ2n) is 12.8. The number of hydrogen-bond donors (Lipinski definition) is 0. The zero-order valence-electron chi connectivity index (χ0n) is 31.2. The number of allylic oxidation sites excluding steroid dienone is 8. The van der Waals surface area contributed by atoms with Crippen molar-refractivity contribution in [1.82, 2.24) is 0 Å². The van der Waals surface area contributed by atoms with Crippen LogP contribution in [0.4, 0.5) is 0 Å². The third-order valence-corrected chi connectivity index (χ3v) is 23.9. The Bertz CT molecular complexity index is 966. The molecule has 2 unspecified atom stereocenters. The van der Waals surface area contributed by atoms with Gasteiger partial charge in [0.15, 0.2) is 8.32 Å². The van der Waals surface area contributed by atoms with E-state index >= 15 is 0 Å². The fraction of sp³-hybridized carbons (Fsp3) is 0.750. The summed E-state index contributed by atoms with van der Waals surface area (Å²) in [6.45, 7) is 22.8. The van der Waals surface area contributed by atoms with Crippen molar-refractivity contribution in [3.05, 3.63) is 48.6 Å². The van der Waals surface area contributed by atoms with Gasteiger partial charge in [0.2, 0.25) is 0 Å². The Kier molecular flexibility index (Phi) is 19.9. The molecular formula is C32H64O11Si5. The van der Waals surface area contributed by atoms with E-state index < -0.39 is 43.5 Å². The molecule has 0 aromatic rings. The van der Waals surface area contributed by atoms with E-state index in [1.165, 1.54) is 0 Å². The summed E-state index contributed by atoms with van der Waals surface area (Å²) in [5, 5.41) is 0. The van der Waals surface area contributed by atoms with Crippen molar-refractivity contribution in [2.24, 2.45) is 0 Å². The monoisotopic (exact) mass is 764 g/mol. The molecular weight excluding hydrogens is 701 g/mol. The van der Waals surface area contributed by atoms with Crippen molar-refractivity contribution in [3.63, 3.8) is 0 Å². The van der Waals surface area contributed by atoms with Gasteiger partial charge in [-0.3, -0.25) is 4.58 Å². The van der Waals surface area contributed by atoms with Gasteiger partial charge in [-0.15, -0.1) is 0 Å². The predicted octanol–water partition coefficient (Wildman–Crippen LogP) is 7.98. The molecule has 0 saturated carbocycles. The molecule has 0 radical (unpaired) electrons. The van der Waals surface area contributed by atoms with E-state index in [4.69, 9.17) is 48.4 Å². The minimum absolute atomic E-state index is 0.102. The molecule has 0 amide bonds. The second kappa shape index (κ2) is 21.8. The van der Waals surface area contributed by atoms with Crippen LogP contribution in [0.2, 0.25) is 43.8 Å². The molecule has 2 atom stereocenters. The van der Waals surface area contributed by atoms with E-state index in [0.29, 0.717) is 46.2 Å². The van der Waals surface area contributed by atoms with Crippen LogP contribution in [0.3, 0.4) is 0 Å². The molecule has 2 aliphatic rings. The zero-order valence-corrected chi connectivity index (χ0v) is 36.2. The van der Waals surface area contributed by atoms with E-state index in [9.17, 15) is 0 Å². The highest BCUT2D eigenvalue weighted by Crippen LogP contribution is 2.45. The lowest BCUT2D eigenvalue weighted by molar-refractivity contribution is -0.233. The van der Waals surface area contributed by atoms with Crippen molar-refractivity contribution in [2.75, 3.05) is 46.2 Å². The summed E-state index contributed by atoms with van der Waals surface area (Å²) in [5.41, 5.74) is 0.204. The maximum Gasteiger partial charge on any atom is 0.673 e. The van der Waals surface area contributed by atoms with Gasteiger partial charge in [0.25, 0.3) is 0 Å². The molecule has 2 rings (SSSR count). The first kappa shape index (κ1) is 43.8. The second-order valence-corrected chi connectivity index (χ2v) is 29.1. The average Bonchev–Trinajstić information content (AvgIpc) is 3.02. The zero-order chi connectivity index (χ0) is 35.6. The lowest BCUT2D eigenvalue weighted by Crippen LogP contribution is -2.62. The molecule has 0 fully saturated rings. The van der Waals surface area contributed by atoms with E-state index in [2.05, 4.69) is 81.3 Å². The van der Waals surface area contributed by atoms with Crippen LogP contribution in [0.1, 0.15) is 66.7 Å². The highest BCUT2D eigenvalue weighted by molar-refractivity contribution is 6.87. The molecule has 0 heterocycles. The maximum atomic E-state index is 7.19. The van der Waals surface area contributed by atoms with E-state index in [-0.39, 0.29) is 11.1 Å². The molecule has 0 aromatic heterocycles. The summed E-state index contributed by atoms with van der Waals surface area (Å²) in [4.78, 5) is 6.10. The summed E-state index contributed by atoms with van der Waals surface area (Å²) in [5.74, 6) is 0. The highest BCUT2D eigenvalue weighted by Gasteiger charge is 2.59. The van der Waals surface area contributed by atoms with Gasteiger partial charge >= 0.3 is 35.2 Å². The standard InChI is InChI=1S/C32H64O11Si5/c1-11-34-47(35-12-2,36-13-3)43-48(37-14-4,38-15-5)39-30-24-18-23-29-33-40-46(31-25-19-16-20-26-31,32-27-21-17-22-28-32)42-45(9,10)41-44(6,7)8/h16-17,19-22,25,27,31-32H,11-15,18,23-24,26,28-30H2,1-10H3. The summed E-state index contributed by atoms with van der Waals surface area (Å²) in [7, 11) is -14.6. The first-order chi connectivity index (χ1) is 22.8. The molecule has 0 saturated heterocycles. The summed E-state index contributed by atoms with van der Waals surface area (Å²) in [6, 6.07) is 0. The van der Waals surface area contributed by atoms with Crippen LogP contribution in [0.15, 0.2) is 48.6 Å². The largest absolute Gasteiger partial charge is 0.673 e. The first-order valence-corrected chi connectivity index (χ1v) is 29.2. The Morgan fingerprint density at radius 2 is 0.979 bits per heavy atom. The average molecular weight is 765 g/mol. The van der Waals surface area contributed by atoms with E-state index in [1.807, 2.05) is 34.6 Å². The molecule has 2 aliphatic carbocycles. The van der Waals surface area contributed by atoms with E-state index in [1.54, 1.807) is 0 Å². The number of unbranched alkanes of at least 4 members (excludes halogenated alkanes) is 2. The third kappa shape index (κ3) is 14.7. The van der Waals surface area contributed by atoms with Crippen LogP contribution in [0.5, 0.6) is 0 Å². The molecule has 0 aromatic carbocycles. The number of rotatable bonds is 27. The molecule has 11 nitrogen and oxygen atoms in total. The fourth-order valence-electron chi connectivity index (χ4n) is 5.70. The Balaban J connectivity index is 2.08. The molecule has 0 spiro atoms. The van der Waals surface area contributed by atoms with Gasteiger partial charge in [-0.1, -0.05) is 48.6 Å². The summed E-state index contributed by atoms with van der Waals surface area (Å²) < 4.78 is 62.9. The van der Waals surface area contributed by atoms with Gasteiger partial charge in [-0.2, -0.15) is 0 Å². The minimum Gasteiger partial charge on any atom is -0.437 e. The van der Waals surface area contributed by atoms with E-state index in [0.717, 1.165) is 32.1 Å². The van der Waals surface area contributed by atoms with Crippen molar-refractivity contribution in [2.45, 2.75) is 111 Å². The highest BCUT2D eigenvalue weighted by atomic mass is 28.5. The Hall–Kier alpha value is -0.396. The van der Waals surface area contributed by atoms with Crippen molar-refractivity contribution in [3.8, 4) is 0 Å². The predicted molar refractivity (Wildman–Crippen MR) is 200 cm³/mol. The first-order valence-electron chi connectivity index (χ1n) is 17.8.